The molecule has 1 aliphatic carbocycles. The first-order valence-corrected chi connectivity index (χ1v) is 9.86. The predicted molar refractivity (Wildman–Crippen MR) is 110 cm³/mol. The second-order valence-corrected chi connectivity index (χ2v) is 7.46. The lowest BCUT2D eigenvalue weighted by atomic mass is 9.81. The number of nitro benzene ring substituents is 1. The number of hydrogen-bond acceptors (Lipinski definition) is 7. The molecule has 0 spiro atoms. The molecule has 0 unspecified atom stereocenters. The van der Waals surface area contributed by atoms with Gasteiger partial charge in [0.05, 0.1) is 10.5 Å². The summed E-state index contributed by atoms with van der Waals surface area (Å²) in [6.07, 6.45) is 3.44. The predicted octanol–water partition coefficient (Wildman–Crippen LogP) is 3.29. The van der Waals surface area contributed by atoms with Gasteiger partial charge in [-0.1, -0.05) is 37.5 Å². The molecule has 0 radical (unpaired) electrons. The van der Waals surface area contributed by atoms with Crippen LogP contribution in [-0.2, 0) is 16.1 Å². The molecule has 3 rings (SSSR count). The Morgan fingerprint density at radius 1 is 1.16 bits per heavy atom. The first-order valence-electron chi connectivity index (χ1n) is 9.86. The van der Waals surface area contributed by atoms with Crippen molar-refractivity contribution < 1.29 is 29.2 Å². The van der Waals surface area contributed by atoms with Crippen molar-refractivity contribution in [3.05, 3.63) is 69.3 Å². The average Bonchev–Trinajstić information content (AvgIpc) is 2.79. The van der Waals surface area contributed by atoms with Crippen molar-refractivity contribution in [3.63, 3.8) is 0 Å². The largest absolute Gasteiger partial charge is 0.507 e. The van der Waals surface area contributed by atoms with Crippen molar-refractivity contribution in [2.45, 2.75) is 44.2 Å². The molecule has 0 aliphatic heterocycles. The Labute approximate surface area is 178 Å². The van der Waals surface area contributed by atoms with Gasteiger partial charge in [0, 0.05) is 23.3 Å². The van der Waals surface area contributed by atoms with Gasteiger partial charge in [-0.3, -0.25) is 19.7 Å². The number of phenols is 1. The standard InChI is InChI=1S/C22H22N2O7/c25-13-16-11-18(24(29)30)12-17(19(16)26)14-31-21(28)22(9-5-2-6-10-22)23-20(27)15-7-3-1-4-8-15/h1,3-4,7-8,11-13,26H,2,5-6,9-10,14H2,(H,23,27). The molecule has 0 bridgehead atoms. The molecule has 9 nitrogen and oxygen atoms in total. The van der Waals surface area contributed by atoms with Crippen LogP contribution < -0.4 is 5.32 Å². The molecule has 1 fully saturated rings. The molecule has 2 N–H and O–H groups in total. The molecular weight excluding hydrogens is 404 g/mol. The molecule has 162 valence electrons. The van der Waals surface area contributed by atoms with Gasteiger partial charge >= 0.3 is 5.97 Å². The van der Waals surface area contributed by atoms with Crippen molar-refractivity contribution in [1.82, 2.24) is 5.32 Å². The van der Waals surface area contributed by atoms with E-state index in [0.29, 0.717) is 18.4 Å². The minimum Gasteiger partial charge on any atom is -0.507 e. The molecule has 0 aromatic heterocycles. The first-order chi connectivity index (χ1) is 14.9. The van der Waals surface area contributed by atoms with Crippen molar-refractivity contribution in [1.29, 1.82) is 0 Å². The van der Waals surface area contributed by atoms with E-state index >= 15 is 0 Å². The summed E-state index contributed by atoms with van der Waals surface area (Å²) in [5.41, 5.74) is -1.56. The number of carbonyl (C=O) groups is 3. The highest BCUT2D eigenvalue weighted by atomic mass is 16.6. The van der Waals surface area contributed by atoms with Crippen molar-refractivity contribution in [2.24, 2.45) is 0 Å². The molecular formula is C22H22N2O7. The topological polar surface area (TPSA) is 136 Å². The molecule has 1 saturated carbocycles. The number of nitro groups is 1. The lowest BCUT2D eigenvalue weighted by molar-refractivity contribution is -0.385. The number of hydrogen-bond donors (Lipinski definition) is 2. The zero-order chi connectivity index (χ0) is 22.4. The van der Waals surface area contributed by atoms with E-state index in [4.69, 9.17) is 4.74 Å². The number of phenolic OH excluding ortho intramolecular Hbond substituents is 1. The van der Waals surface area contributed by atoms with Crippen molar-refractivity contribution in [2.75, 3.05) is 0 Å². The maximum Gasteiger partial charge on any atom is 0.332 e. The summed E-state index contributed by atoms with van der Waals surface area (Å²) in [4.78, 5) is 47.2. The number of non-ortho nitro benzene ring substituents is 1. The second-order valence-electron chi connectivity index (χ2n) is 7.46. The van der Waals surface area contributed by atoms with Gasteiger partial charge in [0.15, 0.2) is 6.29 Å². The second kappa shape index (κ2) is 9.38. The Balaban J connectivity index is 1.80. The van der Waals surface area contributed by atoms with Crippen LogP contribution in [0.3, 0.4) is 0 Å². The SMILES string of the molecule is O=Cc1cc([N+](=O)[O-])cc(COC(=O)C2(NC(=O)c3ccccc3)CCCCC2)c1O. The first kappa shape index (κ1) is 21.9. The third kappa shape index (κ3) is 4.88. The number of nitrogens with zero attached hydrogens (tertiary/aromatic N) is 1. The number of aldehydes is 1. The Morgan fingerprint density at radius 3 is 2.45 bits per heavy atom. The van der Waals surface area contributed by atoms with E-state index in [1.54, 1.807) is 30.3 Å². The van der Waals surface area contributed by atoms with E-state index in [1.165, 1.54) is 0 Å². The molecule has 0 saturated heterocycles. The van der Waals surface area contributed by atoms with Crippen LogP contribution in [0.4, 0.5) is 5.69 Å². The van der Waals surface area contributed by atoms with E-state index in [1.807, 2.05) is 0 Å². The lowest BCUT2D eigenvalue weighted by Gasteiger charge is -2.35. The Bertz CT molecular complexity index is 998. The molecule has 2 aromatic carbocycles. The van der Waals surface area contributed by atoms with E-state index in [9.17, 15) is 29.6 Å². The van der Waals surface area contributed by atoms with Crippen LogP contribution >= 0.6 is 0 Å². The van der Waals surface area contributed by atoms with Crippen molar-refractivity contribution >= 4 is 23.9 Å². The van der Waals surface area contributed by atoms with Crippen molar-refractivity contribution in [3.8, 4) is 5.75 Å². The van der Waals surface area contributed by atoms with E-state index in [-0.39, 0.29) is 17.4 Å². The van der Waals surface area contributed by atoms with Crippen LogP contribution in [0.25, 0.3) is 0 Å². The smallest absolute Gasteiger partial charge is 0.332 e. The fourth-order valence-corrected chi connectivity index (χ4v) is 3.70. The molecule has 31 heavy (non-hydrogen) atoms. The Hall–Kier alpha value is -3.75. The lowest BCUT2D eigenvalue weighted by Crippen LogP contribution is -2.56. The van der Waals surface area contributed by atoms with Crippen LogP contribution in [-0.4, -0.2) is 33.7 Å². The molecule has 1 aliphatic rings. The van der Waals surface area contributed by atoms with Gasteiger partial charge in [0.25, 0.3) is 11.6 Å². The fraction of sp³-hybridized carbons (Fsp3) is 0.318. The number of nitrogens with one attached hydrogen (secondary N) is 1. The number of esters is 1. The van der Waals surface area contributed by atoms with Gasteiger partial charge in [-0.2, -0.15) is 0 Å². The summed E-state index contributed by atoms with van der Waals surface area (Å²) < 4.78 is 5.37. The van der Waals surface area contributed by atoms with Gasteiger partial charge in [0.2, 0.25) is 0 Å². The van der Waals surface area contributed by atoms with Crippen LogP contribution in [0.5, 0.6) is 5.75 Å². The monoisotopic (exact) mass is 426 g/mol. The summed E-state index contributed by atoms with van der Waals surface area (Å²) in [6.45, 7) is -0.476. The number of carbonyl (C=O) groups excluding carboxylic acids is 3. The molecule has 2 aromatic rings. The van der Waals surface area contributed by atoms with Gasteiger partial charge in [-0.25, -0.2) is 4.79 Å². The summed E-state index contributed by atoms with van der Waals surface area (Å²) in [6, 6.07) is 10.5. The number of ether oxygens (including phenoxy) is 1. The van der Waals surface area contributed by atoms with Crippen LogP contribution in [0.1, 0.15) is 58.4 Å². The molecule has 1 amide bonds. The van der Waals surface area contributed by atoms with Gasteiger partial charge < -0.3 is 15.2 Å². The van der Waals surface area contributed by atoms with Crippen LogP contribution in [0, 0.1) is 10.1 Å². The number of aromatic hydroxyl groups is 1. The summed E-state index contributed by atoms with van der Waals surface area (Å²) in [5.74, 6) is -1.57. The number of rotatable bonds is 7. The number of amides is 1. The third-order valence-corrected chi connectivity index (χ3v) is 5.39. The maximum atomic E-state index is 13.0. The Kier molecular flexibility index (Phi) is 6.64. The zero-order valence-corrected chi connectivity index (χ0v) is 16.7. The number of benzene rings is 2. The summed E-state index contributed by atoms with van der Waals surface area (Å²) >= 11 is 0. The minimum absolute atomic E-state index is 0.0648. The van der Waals surface area contributed by atoms with Gasteiger partial charge in [0.1, 0.15) is 17.9 Å². The third-order valence-electron chi connectivity index (χ3n) is 5.39. The highest BCUT2D eigenvalue weighted by molar-refractivity contribution is 5.98. The Morgan fingerprint density at radius 2 is 1.84 bits per heavy atom. The minimum atomic E-state index is -1.23. The molecule has 0 atom stereocenters. The molecule has 0 heterocycles. The quantitative estimate of drug-likeness (QED) is 0.300. The normalized spacial score (nSPS) is 15.0. The summed E-state index contributed by atoms with van der Waals surface area (Å²) in [5, 5.41) is 24.1. The molecule has 9 heteroatoms. The van der Waals surface area contributed by atoms with Gasteiger partial charge in [-0.15, -0.1) is 0 Å². The van der Waals surface area contributed by atoms with Gasteiger partial charge in [-0.05, 0) is 25.0 Å². The fourth-order valence-electron chi connectivity index (χ4n) is 3.70. The average molecular weight is 426 g/mol. The highest BCUT2D eigenvalue weighted by Crippen LogP contribution is 2.32. The van der Waals surface area contributed by atoms with E-state index < -0.39 is 40.4 Å². The maximum absolute atomic E-state index is 13.0. The van der Waals surface area contributed by atoms with Crippen LogP contribution in [0.2, 0.25) is 0 Å². The zero-order valence-electron chi connectivity index (χ0n) is 16.7. The van der Waals surface area contributed by atoms with Crippen LogP contribution in [0.15, 0.2) is 42.5 Å². The van der Waals surface area contributed by atoms with E-state index in [2.05, 4.69) is 5.32 Å². The summed E-state index contributed by atoms with van der Waals surface area (Å²) in [7, 11) is 0. The highest BCUT2D eigenvalue weighted by Gasteiger charge is 2.42. The van der Waals surface area contributed by atoms with E-state index in [0.717, 1.165) is 31.4 Å².